The Labute approximate surface area is 107 Å². The lowest BCUT2D eigenvalue weighted by Gasteiger charge is -2.10. The van der Waals surface area contributed by atoms with Crippen LogP contribution in [0.5, 0.6) is 0 Å². The topological polar surface area (TPSA) is 56.7 Å². The first-order valence-corrected chi connectivity index (χ1v) is 6.49. The molecule has 1 aliphatic rings. The third kappa shape index (κ3) is 2.29. The molecule has 0 spiro atoms. The first kappa shape index (κ1) is 11.4. The first-order valence-electron chi connectivity index (χ1n) is 6.49. The van der Waals surface area contributed by atoms with E-state index in [0.29, 0.717) is 5.92 Å². The smallest absolute Gasteiger partial charge is 0.156 e. The van der Waals surface area contributed by atoms with Gasteiger partial charge in [-0.2, -0.15) is 5.10 Å². The van der Waals surface area contributed by atoms with Crippen molar-refractivity contribution in [3.8, 4) is 5.82 Å². The number of hydrogen-bond acceptors (Lipinski definition) is 3. The molecule has 1 fully saturated rings. The SMILES string of the molecule is CC(N)Cc1cccnc1-n1ccc(C2CC2)n1. The molecule has 0 bridgehead atoms. The molecular formula is C14H18N4. The van der Waals surface area contributed by atoms with Gasteiger partial charge in [-0.1, -0.05) is 6.07 Å². The minimum absolute atomic E-state index is 0.131. The lowest BCUT2D eigenvalue weighted by molar-refractivity contribution is 0.717. The molecule has 2 aromatic rings. The molecule has 3 rings (SSSR count). The summed E-state index contributed by atoms with van der Waals surface area (Å²) < 4.78 is 1.88. The zero-order chi connectivity index (χ0) is 12.5. The fourth-order valence-corrected chi connectivity index (χ4v) is 2.20. The molecule has 0 saturated heterocycles. The highest BCUT2D eigenvalue weighted by Gasteiger charge is 2.26. The normalized spacial score (nSPS) is 16.8. The van der Waals surface area contributed by atoms with Crippen LogP contribution in [0.4, 0.5) is 0 Å². The van der Waals surface area contributed by atoms with E-state index >= 15 is 0 Å². The summed E-state index contributed by atoms with van der Waals surface area (Å²) in [7, 11) is 0. The van der Waals surface area contributed by atoms with E-state index in [4.69, 9.17) is 5.73 Å². The summed E-state index contributed by atoms with van der Waals surface area (Å²) in [4.78, 5) is 4.44. The van der Waals surface area contributed by atoms with Gasteiger partial charge in [-0.25, -0.2) is 9.67 Å². The van der Waals surface area contributed by atoms with Crippen molar-refractivity contribution >= 4 is 0 Å². The summed E-state index contributed by atoms with van der Waals surface area (Å²) in [6.07, 6.45) is 7.17. The molecule has 2 heterocycles. The van der Waals surface area contributed by atoms with Gasteiger partial charge in [-0.3, -0.25) is 0 Å². The summed E-state index contributed by atoms with van der Waals surface area (Å²) in [6.45, 7) is 2.01. The molecule has 0 amide bonds. The van der Waals surface area contributed by atoms with Crippen LogP contribution in [0.1, 0.15) is 36.9 Å². The second-order valence-electron chi connectivity index (χ2n) is 5.13. The van der Waals surface area contributed by atoms with Crippen molar-refractivity contribution in [2.75, 3.05) is 0 Å². The molecule has 2 aromatic heterocycles. The molecular weight excluding hydrogens is 224 g/mol. The van der Waals surface area contributed by atoms with Gasteiger partial charge >= 0.3 is 0 Å². The number of hydrogen-bond donors (Lipinski definition) is 1. The fourth-order valence-electron chi connectivity index (χ4n) is 2.20. The van der Waals surface area contributed by atoms with Gasteiger partial charge in [0.05, 0.1) is 5.69 Å². The van der Waals surface area contributed by atoms with Crippen LogP contribution < -0.4 is 5.73 Å². The second kappa shape index (κ2) is 4.53. The average Bonchev–Trinajstić information content (AvgIpc) is 3.08. The van der Waals surface area contributed by atoms with Crippen LogP contribution in [-0.4, -0.2) is 20.8 Å². The molecule has 0 aliphatic heterocycles. The number of pyridine rings is 1. The Bertz CT molecular complexity index is 540. The predicted octanol–water partition coefficient (Wildman–Crippen LogP) is 2.03. The molecule has 94 valence electrons. The van der Waals surface area contributed by atoms with Crippen molar-refractivity contribution in [1.29, 1.82) is 0 Å². The maximum absolute atomic E-state index is 5.88. The van der Waals surface area contributed by atoms with Crippen molar-refractivity contribution in [1.82, 2.24) is 14.8 Å². The summed E-state index contributed by atoms with van der Waals surface area (Å²) in [5.41, 5.74) is 8.22. The molecule has 4 heteroatoms. The second-order valence-corrected chi connectivity index (χ2v) is 5.13. The fraction of sp³-hybridized carbons (Fsp3) is 0.429. The molecule has 4 nitrogen and oxygen atoms in total. The lowest BCUT2D eigenvalue weighted by Crippen LogP contribution is -2.19. The van der Waals surface area contributed by atoms with E-state index in [1.807, 2.05) is 23.9 Å². The van der Waals surface area contributed by atoms with Crippen LogP contribution in [-0.2, 0) is 6.42 Å². The Morgan fingerprint density at radius 3 is 3.00 bits per heavy atom. The van der Waals surface area contributed by atoms with Gasteiger partial charge in [0.2, 0.25) is 0 Å². The molecule has 1 aliphatic carbocycles. The van der Waals surface area contributed by atoms with Gasteiger partial charge in [0.1, 0.15) is 0 Å². The Morgan fingerprint density at radius 2 is 2.28 bits per heavy atom. The summed E-state index contributed by atoms with van der Waals surface area (Å²) in [5, 5.41) is 4.62. The highest BCUT2D eigenvalue weighted by Crippen LogP contribution is 2.39. The van der Waals surface area contributed by atoms with Gasteiger partial charge in [-0.05, 0) is 43.9 Å². The first-order chi connectivity index (χ1) is 8.74. The van der Waals surface area contributed by atoms with Crippen LogP contribution in [0.3, 0.4) is 0 Å². The number of nitrogens with zero attached hydrogens (tertiary/aromatic N) is 3. The molecule has 0 radical (unpaired) electrons. The quantitative estimate of drug-likeness (QED) is 0.892. The number of rotatable bonds is 4. The van der Waals surface area contributed by atoms with Gasteiger partial charge in [0.15, 0.2) is 5.82 Å². The van der Waals surface area contributed by atoms with Crippen molar-refractivity contribution in [2.24, 2.45) is 5.73 Å². The molecule has 1 atom stereocenters. The summed E-state index contributed by atoms with van der Waals surface area (Å²) >= 11 is 0. The van der Waals surface area contributed by atoms with E-state index in [1.54, 1.807) is 6.20 Å². The standard InChI is InChI=1S/C14H18N4/c1-10(15)9-12-3-2-7-16-14(12)18-8-6-13(17-18)11-4-5-11/h2-3,6-8,10-11H,4-5,9,15H2,1H3. The van der Waals surface area contributed by atoms with Crippen LogP contribution in [0.25, 0.3) is 5.82 Å². The number of nitrogens with two attached hydrogens (primary N) is 1. The molecule has 1 unspecified atom stereocenters. The van der Waals surface area contributed by atoms with E-state index in [0.717, 1.165) is 17.8 Å². The minimum Gasteiger partial charge on any atom is -0.328 e. The van der Waals surface area contributed by atoms with Crippen molar-refractivity contribution in [3.63, 3.8) is 0 Å². The maximum Gasteiger partial charge on any atom is 0.156 e. The lowest BCUT2D eigenvalue weighted by atomic mass is 10.1. The van der Waals surface area contributed by atoms with Crippen LogP contribution in [0, 0.1) is 0 Å². The van der Waals surface area contributed by atoms with Gasteiger partial charge in [0.25, 0.3) is 0 Å². The summed E-state index contributed by atoms with van der Waals surface area (Å²) in [5.74, 6) is 1.58. The van der Waals surface area contributed by atoms with E-state index in [-0.39, 0.29) is 6.04 Å². The van der Waals surface area contributed by atoms with Crippen LogP contribution >= 0.6 is 0 Å². The van der Waals surface area contributed by atoms with Crippen molar-refractivity contribution in [2.45, 2.75) is 38.1 Å². The monoisotopic (exact) mass is 242 g/mol. The third-order valence-corrected chi connectivity index (χ3v) is 3.23. The van der Waals surface area contributed by atoms with Crippen molar-refractivity contribution in [3.05, 3.63) is 41.9 Å². The number of aromatic nitrogens is 3. The predicted molar refractivity (Wildman–Crippen MR) is 70.7 cm³/mol. The van der Waals surface area contributed by atoms with E-state index in [2.05, 4.69) is 22.2 Å². The molecule has 0 aromatic carbocycles. The van der Waals surface area contributed by atoms with Crippen LogP contribution in [0.15, 0.2) is 30.6 Å². The Balaban J connectivity index is 1.93. The Hall–Kier alpha value is -1.68. The van der Waals surface area contributed by atoms with E-state index in [1.165, 1.54) is 18.5 Å². The average molecular weight is 242 g/mol. The molecule has 2 N–H and O–H groups in total. The third-order valence-electron chi connectivity index (χ3n) is 3.23. The Morgan fingerprint density at radius 1 is 1.44 bits per heavy atom. The van der Waals surface area contributed by atoms with Gasteiger partial charge in [0, 0.05) is 24.4 Å². The van der Waals surface area contributed by atoms with Crippen molar-refractivity contribution < 1.29 is 0 Å². The van der Waals surface area contributed by atoms with E-state index in [9.17, 15) is 0 Å². The largest absolute Gasteiger partial charge is 0.328 e. The Kier molecular flexibility index (Phi) is 2.88. The zero-order valence-corrected chi connectivity index (χ0v) is 10.6. The highest BCUT2D eigenvalue weighted by atomic mass is 15.3. The molecule has 1 saturated carbocycles. The van der Waals surface area contributed by atoms with Gasteiger partial charge < -0.3 is 5.73 Å². The van der Waals surface area contributed by atoms with Gasteiger partial charge in [-0.15, -0.1) is 0 Å². The maximum atomic E-state index is 5.88. The minimum atomic E-state index is 0.131. The zero-order valence-electron chi connectivity index (χ0n) is 10.6. The summed E-state index contributed by atoms with van der Waals surface area (Å²) in [6, 6.07) is 6.25. The van der Waals surface area contributed by atoms with E-state index < -0.39 is 0 Å². The highest BCUT2D eigenvalue weighted by molar-refractivity contribution is 5.34. The molecule has 18 heavy (non-hydrogen) atoms. The van der Waals surface area contributed by atoms with Crippen LogP contribution in [0.2, 0.25) is 0 Å².